The molecule has 0 amide bonds. The first-order valence-corrected chi connectivity index (χ1v) is 3.58. The molecule has 0 aromatic heterocycles. The van der Waals surface area contributed by atoms with E-state index in [1.807, 2.05) is 12.1 Å². The second kappa shape index (κ2) is 4.30. The molecule has 0 aliphatic heterocycles. The van der Waals surface area contributed by atoms with Crippen molar-refractivity contribution in [2.24, 2.45) is 0 Å². The predicted octanol–water partition coefficient (Wildman–Crippen LogP) is -0.212. The molecule has 1 rings (SSSR count). The molecular formula is C10H13Na. The fraction of sp³-hybridized carbons (Fsp3) is 0.400. The first-order valence-electron chi connectivity index (χ1n) is 3.58. The standard InChI is InChI=1S/C10H13.Na/c1-10(2,3)9-7-5-4-6-8-9;/h4-7H,1-3H3;/q-1;+1. The minimum absolute atomic E-state index is 0. The Hall–Kier alpha value is 0.220. The van der Waals surface area contributed by atoms with Gasteiger partial charge in [-0.1, -0.05) is 20.8 Å². The summed E-state index contributed by atoms with van der Waals surface area (Å²) in [6, 6.07) is 11.3. The maximum atomic E-state index is 3.21. The predicted molar refractivity (Wildman–Crippen MR) is 44.0 cm³/mol. The topological polar surface area (TPSA) is 0 Å². The molecule has 0 atom stereocenters. The largest absolute Gasteiger partial charge is 1.00 e. The van der Waals surface area contributed by atoms with Gasteiger partial charge in [0.2, 0.25) is 0 Å². The third-order valence-electron chi connectivity index (χ3n) is 1.52. The van der Waals surface area contributed by atoms with Crippen LogP contribution >= 0.6 is 0 Å². The maximum absolute atomic E-state index is 3.21. The Bertz CT molecular complexity index is 196. The Morgan fingerprint density at radius 1 is 1.18 bits per heavy atom. The molecule has 1 aromatic rings. The van der Waals surface area contributed by atoms with Gasteiger partial charge in [0, 0.05) is 0 Å². The molecule has 54 valence electrons. The summed E-state index contributed by atoms with van der Waals surface area (Å²) in [4.78, 5) is 0. The average molecular weight is 156 g/mol. The Kier molecular flexibility index (Phi) is 4.38. The number of hydrogen-bond acceptors (Lipinski definition) is 0. The van der Waals surface area contributed by atoms with Gasteiger partial charge in [0.25, 0.3) is 0 Å². The van der Waals surface area contributed by atoms with Gasteiger partial charge in [0.15, 0.2) is 0 Å². The second-order valence-corrected chi connectivity index (χ2v) is 3.53. The van der Waals surface area contributed by atoms with E-state index >= 15 is 0 Å². The van der Waals surface area contributed by atoms with Crippen LogP contribution in [-0.4, -0.2) is 0 Å². The van der Waals surface area contributed by atoms with Crippen molar-refractivity contribution in [3.63, 3.8) is 0 Å². The van der Waals surface area contributed by atoms with Crippen molar-refractivity contribution < 1.29 is 29.6 Å². The summed E-state index contributed by atoms with van der Waals surface area (Å²) in [6.45, 7) is 6.58. The molecule has 0 bridgehead atoms. The van der Waals surface area contributed by atoms with Crippen molar-refractivity contribution >= 4 is 0 Å². The number of rotatable bonds is 0. The summed E-state index contributed by atoms with van der Waals surface area (Å²) in [6.07, 6.45) is 0. The molecule has 0 saturated carbocycles. The molecule has 0 fully saturated rings. The Labute approximate surface area is 91.3 Å². The summed E-state index contributed by atoms with van der Waals surface area (Å²) in [7, 11) is 0. The van der Waals surface area contributed by atoms with E-state index in [1.165, 1.54) is 5.56 Å². The monoisotopic (exact) mass is 156 g/mol. The van der Waals surface area contributed by atoms with Crippen LogP contribution < -0.4 is 29.6 Å². The molecule has 0 aliphatic carbocycles. The third kappa shape index (κ3) is 3.42. The summed E-state index contributed by atoms with van der Waals surface area (Å²) in [5.41, 5.74) is 1.51. The molecule has 0 aliphatic rings. The van der Waals surface area contributed by atoms with E-state index in [9.17, 15) is 0 Å². The molecule has 0 unspecified atom stereocenters. The van der Waals surface area contributed by atoms with Crippen molar-refractivity contribution in [3.05, 3.63) is 35.9 Å². The normalized spacial score (nSPS) is 10.5. The minimum Gasteiger partial charge on any atom is -0.180 e. The van der Waals surface area contributed by atoms with Crippen LogP contribution in [0.25, 0.3) is 0 Å². The van der Waals surface area contributed by atoms with E-state index in [2.05, 4.69) is 39.0 Å². The van der Waals surface area contributed by atoms with Gasteiger partial charge in [-0.2, -0.15) is 35.9 Å². The Morgan fingerprint density at radius 3 is 2.09 bits per heavy atom. The molecular weight excluding hydrogens is 143 g/mol. The van der Waals surface area contributed by atoms with Gasteiger partial charge in [-0.15, -0.1) is 0 Å². The van der Waals surface area contributed by atoms with Crippen molar-refractivity contribution in [1.29, 1.82) is 0 Å². The molecule has 0 N–H and O–H groups in total. The zero-order valence-electron chi connectivity index (χ0n) is 7.81. The van der Waals surface area contributed by atoms with Gasteiger partial charge in [-0.05, 0) is 5.41 Å². The SMILES string of the molecule is CC(C)(C)c1[c-]cccc1.[Na+]. The van der Waals surface area contributed by atoms with Crippen LogP contribution in [0.1, 0.15) is 26.3 Å². The molecule has 0 spiro atoms. The fourth-order valence-electron chi connectivity index (χ4n) is 0.860. The van der Waals surface area contributed by atoms with E-state index < -0.39 is 0 Å². The first kappa shape index (κ1) is 11.2. The maximum Gasteiger partial charge on any atom is 1.00 e. The molecule has 0 nitrogen and oxygen atoms in total. The van der Waals surface area contributed by atoms with Crippen LogP contribution in [0.4, 0.5) is 0 Å². The van der Waals surface area contributed by atoms with E-state index in [1.54, 1.807) is 0 Å². The van der Waals surface area contributed by atoms with Crippen molar-refractivity contribution in [3.8, 4) is 0 Å². The van der Waals surface area contributed by atoms with Gasteiger partial charge >= 0.3 is 29.6 Å². The van der Waals surface area contributed by atoms with Gasteiger partial charge in [-0.25, -0.2) is 0 Å². The molecule has 1 aromatic carbocycles. The second-order valence-electron chi connectivity index (χ2n) is 3.53. The van der Waals surface area contributed by atoms with Crippen molar-refractivity contribution in [2.75, 3.05) is 0 Å². The van der Waals surface area contributed by atoms with Crippen LogP contribution in [0.3, 0.4) is 0 Å². The van der Waals surface area contributed by atoms with Crippen LogP contribution in [0.15, 0.2) is 24.3 Å². The van der Waals surface area contributed by atoms with Gasteiger partial charge in [0.05, 0.1) is 0 Å². The van der Waals surface area contributed by atoms with E-state index in [4.69, 9.17) is 0 Å². The minimum atomic E-state index is 0. The third-order valence-corrected chi connectivity index (χ3v) is 1.52. The molecule has 0 heterocycles. The quantitative estimate of drug-likeness (QED) is 0.360. The molecule has 11 heavy (non-hydrogen) atoms. The summed E-state index contributed by atoms with van der Waals surface area (Å²) in [5, 5.41) is 0. The van der Waals surface area contributed by atoms with Gasteiger partial charge in [0.1, 0.15) is 0 Å². The first-order chi connectivity index (χ1) is 4.61. The summed E-state index contributed by atoms with van der Waals surface area (Å²) >= 11 is 0. The van der Waals surface area contributed by atoms with Crippen LogP contribution in [0.5, 0.6) is 0 Å². The number of hydrogen-bond donors (Lipinski definition) is 0. The smallest absolute Gasteiger partial charge is 0.180 e. The van der Waals surface area contributed by atoms with Gasteiger partial charge < -0.3 is 0 Å². The van der Waals surface area contributed by atoms with Crippen LogP contribution in [-0.2, 0) is 5.41 Å². The molecule has 0 radical (unpaired) electrons. The zero-order chi connectivity index (χ0) is 7.61. The van der Waals surface area contributed by atoms with Crippen molar-refractivity contribution in [1.82, 2.24) is 0 Å². The van der Waals surface area contributed by atoms with Crippen LogP contribution in [0.2, 0.25) is 0 Å². The van der Waals surface area contributed by atoms with E-state index in [-0.39, 0.29) is 35.0 Å². The van der Waals surface area contributed by atoms with E-state index in [0.29, 0.717) is 0 Å². The van der Waals surface area contributed by atoms with Crippen LogP contribution in [0, 0.1) is 6.07 Å². The average Bonchev–Trinajstić information content (AvgIpc) is 1.88. The Balaban J connectivity index is 0.000001000. The fourth-order valence-corrected chi connectivity index (χ4v) is 0.860. The molecule has 1 heteroatoms. The van der Waals surface area contributed by atoms with E-state index in [0.717, 1.165) is 0 Å². The number of benzene rings is 1. The molecule has 0 saturated heterocycles. The Morgan fingerprint density at radius 2 is 1.82 bits per heavy atom. The zero-order valence-corrected chi connectivity index (χ0v) is 9.81. The summed E-state index contributed by atoms with van der Waals surface area (Å²) < 4.78 is 0. The van der Waals surface area contributed by atoms with Crippen molar-refractivity contribution in [2.45, 2.75) is 26.2 Å². The summed E-state index contributed by atoms with van der Waals surface area (Å²) in [5.74, 6) is 0. The van der Waals surface area contributed by atoms with Gasteiger partial charge in [-0.3, -0.25) is 0 Å².